The molecule has 0 radical (unpaired) electrons. The van der Waals surface area contributed by atoms with E-state index >= 15 is 0 Å². The average molecular weight is 268 g/mol. The van der Waals surface area contributed by atoms with Crippen LogP contribution in [-0.2, 0) is 6.61 Å². The van der Waals surface area contributed by atoms with Crippen molar-refractivity contribution in [2.24, 2.45) is 0 Å². The van der Waals surface area contributed by atoms with Crippen LogP contribution in [0.15, 0.2) is 10.5 Å². The maximum atomic E-state index is 12.5. The Hall–Kier alpha value is -0.750. The predicted octanol–water partition coefficient (Wildman–Crippen LogP) is 2.28. The third-order valence-electron chi connectivity index (χ3n) is 1.64. The van der Waals surface area contributed by atoms with Gasteiger partial charge in [-0.3, -0.25) is 0 Å². The summed E-state index contributed by atoms with van der Waals surface area (Å²) in [5.74, 6) is 0.185. The average Bonchev–Trinajstić information content (AvgIpc) is 2.15. The first-order valence-electron chi connectivity index (χ1n) is 3.72. The van der Waals surface area contributed by atoms with Crippen LogP contribution in [0.1, 0.15) is 17.7 Å². The third-order valence-corrected chi connectivity index (χ3v) is 2.30. The van der Waals surface area contributed by atoms with Crippen LogP contribution in [0, 0.1) is 0 Å². The number of methoxy groups -OCH3 is 1. The minimum absolute atomic E-state index is 0.0776. The number of aromatic nitrogens is 1. The number of aliphatic hydroxyl groups excluding tert-OH is 1. The Morgan fingerprint density at radius 1 is 1.64 bits per heavy atom. The van der Waals surface area contributed by atoms with E-state index in [-0.39, 0.29) is 21.6 Å². The first-order valence-corrected chi connectivity index (χ1v) is 4.51. The maximum absolute atomic E-state index is 12.5. The van der Waals surface area contributed by atoms with Gasteiger partial charge in [-0.1, -0.05) is 15.9 Å². The number of pyridine rings is 1. The lowest BCUT2D eigenvalue weighted by Gasteiger charge is -2.09. The summed E-state index contributed by atoms with van der Waals surface area (Å²) in [5, 5.41) is 8.84. The van der Waals surface area contributed by atoms with Gasteiger partial charge < -0.3 is 9.84 Å². The first-order chi connectivity index (χ1) is 6.60. The van der Waals surface area contributed by atoms with Crippen LogP contribution >= 0.6 is 15.9 Å². The molecule has 1 rings (SSSR count). The molecule has 0 aliphatic heterocycles. The number of halogens is 3. The highest BCUT2D eigenvalue weighted by Crippen LogP contribution is 2.32. The van der Waals surface area contributed by atoms with E-state index in [1.165, 1.54) is 13.2 Å². The Morgan fingerprint density at radius 2 is 2.29 bits per heavy atom. The van der Waals surface area contributed by atoms with Crippen molar-refractivity contribution in [1.82, 2.24) is 4.98 Å². The van der Waals surface area contributed by atoms with Gasteiger partial charge in [0.1, 0.15) is 0 Å². The monoisotopic (exact) mass is 267 g/mol. The van der Waals surface area contributed by atoms with Crippen LogP contribution in [0.5, 0.6) is 5.88 Å². The van der Waals surface area contributed by atoms with Gasteiger partial charge >= 0.3 is 0 Å². The molecule has 0 saturated heterocycles. The Kier molecular flexibility index (Phi) is 3.77. The molecule has 0 saturated carbocycles. The number of nitrogens with zero attached hydrogens (tertiary/aromatic N) is 1. The summed E-state index contributed by atoms with van der Waals surface area (Å²) in [4.78, 5) is 3.71. The summed E-state index contributed by atoms with van der Waals surface area (Å²) in [7, 11) is 1.37. The van der Waals surface area contributed by atoms with Gasteiger partial charge in [-0.05, 0) is 0 Å². The molecule has 0 aliphatic carbocycles. The van der Waals surface area contributed by atoms with Crippen molar-refractivity contribution in [3.8, 4) is 5.88 Å². The lowest BCUT2D eigenvalue weighted by molar-refractivity contribution is 0.145. The highest BCUT2D eigenvalue weighted by molar-refractivity contribution is 9.10. The fraction of sp³-hybridized carbons (Fsp3) is 0.375. The molecule has 14 heavy (non-hydrogen) atoms. The minimum atomic E-state index is -2.68. The van der Waals surface area contributed by atoms with E-state index in [1.54, 1.807) is 0 Å². The summed E-state index contributed by atoms with van der Waals surface area (Å²) >= 11 is 2.97. The first kappa shape index (κ1) is 11.3. The van der Waals surface area contributed by atoms with Gasteiger partial charge in [0.15, 0.2) is 0 Å². The zero-order valence-electron chi connectivity index (χ0n) is 7.30. The largest absolute Gasteiger partial charge is 0.481 e. The van der Waals surface area contributed by atoms with Crippen molar-refractivity contribution in [2.75, 3.05) is 7.11 Å². The molecule has 0 fully saturated rings. The van der Waals surface area contributed by atoms with E-state index < -0.39 is 13.0 Å². The second kappa shape index (κ2) is 4.65. The molecule has 0 aliphatic rings. The molecule has 0 spiro atoms. The zero-order chi connectivity index (χ0) is 10.7. The van der Waals surface area contributed by atoms with Crippen LogP contribution in [-0.4, -0.2) is 17.2 Å². The molecule has 78 valence electrons. The van der Waals surface area contributed by atoms with E-state index in [2.05, 4.69) is 20.9 Å². The summed E-state index contributed by atoms with van der Waals surface area (Å²) in [5.41, 5.74) is -0.375. The molecule has 0 amide bonds. The smallest absolute Gasteiger partial charge is 0.266 e. The molecule has 1 aromatic rings. The van der Waals surface area contributed by atoms with Crippen molar-refractivity contribution >= 4 is 15.9 Å². The summed E-state index contributed by atoms with van der Waals surface area (Å²) in [6.07, 6.45) is -2.68. The standard InChI is InChI=1S/C8H8BrF2NO2/c1-14-6-2-4(9)7(8(10)11)5(3-13)12-6/h2,8,13H,3H2,1H3. The number of aliphatic hydroxyl groups is 1. The molecule has 0 aromatic carbocycles. The van der Waals surface area contributed by atoms with Gasteiger partial charge in [0.25, 0.3) is 6.43 Å². The number of ether oxygens (including phenoxy) is 1. The van der Waals surface area contributed by atoms with Gasteiger partial charge in [-0.2, -0.15) is 0 Å². The number of alkyl halides is 2. The minimum Gasteiger partial charge on any atom is -0.481 e. The van der Waals surface area contributed by atoms with Crippen molar-refractivity contribution in [3.63, 3.8) is 0 Å². The Morgan fingerprint density at radius 3 is 2.71 bits per heavy atom. The zero-order valence-corrected chi connectivity index (χ0v) is 8.88. The van der Waals surface area contributed by atoms with Crippen molar-refractivity contribution in [1.29, 1.82) is 0 Å². The van der Waals surface area contributed by atoms with Crippen LogP contribution in [0.2, 0.25) is 0 Å². The highest BCUT2D eigenvalue weighted by atomic mass is 79.9. The normalized spacial score (nSPS) is 10.7. The second-order valence-electron chi connectivity index (χ2n) is 2.47. The Labute approximate surface area is 87.9 Å². The van der Waals surface area contributed by atoms with E-state index in [0.29, 0.717) is 0 Å². The second-order valence-corrected chi connectivity index (χ2v) is 3.32. The molecule has 1 aromatic heterocycles. The predicted molar refractivity (Wildman–Crippen MR) is 49.4 cm³/mol. The molecule has 1 N–H and O–H groups in total. The van der Waals surface area contributed by atoms with E-state index in [9.17, 15) is 8.78 Å². The fourth-order valence-corrected chi connectivity index (χ4v) is 1.60. The van der Waals surface area contributed by atoms with E-state index in [1.807, 2.05) is 0 Å². The lowest BCUT2D eigenvalue weighted by Crippen LogP contribution is -2.01. The number of rotatable bonds is 3. The molecule has 0 atom stereocenters. The van der Waals surface area contributed by atoms with Crippen LogP contribution in [0.25, 0.3) is 0 Å². The van der Waals surface area contributed by atoms with Crippen molar-refractivity contribution < 1.29 is 18.6 Å². The van der Waals surface area contributed by atoms with Gasteiger partial charge in [-0.25, -0.2) is 13.8 Å². The van der Waals surface area contributed by atoms with Gasteiger partial charge in [0.2, 0.25) is 5.88 Å². The molecule has 6 heteroatoms. The maximum Gasteiger partial charge on any atom is 0.266 e. The van der Waals surface area contributed by atoms with Crippen LogP contribution < -0.4 is 4.74 Å². The molecule has 0 unspecified atom stereocenters. The molecule has 1 heterocycles. The quantitative estimate of drug-likeness (QED) is 0.914. The molecule has 3 nitrogen and oxygen atoms in total. The van der Waals surface area contributed by atoms with Crippen LogP contribution in [0.3, 0.4) is 0 Å². The van der Waals surface area contributed by atoms with Crippen molar-refractivity contribution in [3.05, 3.63) is 21.8 Å². The summed E-state index contributed by atoms with van der Waals surface area (Å²) in [6.45, 7) is -0.546. The topological polar surface area (TPSA) is 42.4 Å². The summed E-state index contributed by atoms with van der Waals surface area (Å²) in [6, 6.07) is 1.33. The van der Waals surface area contributed by atoms with Gasteiger partial charge in [-0.15, -0.1) is 0 Å². The SMILES string of the molecule is COc1cc(Br)c(C(F)F)c(CO)n1. The number of hydrogen-bond donors (Lipinski definition) is 1. The van der Waals surface area contributed by atoms with Crippen molar-refractivity contribution in [2.45, 2.75) is 13.0 Å². The molecular weight excluding hydrogens is 260 g/mol. The molecule has 0 bridgehead atoms. The molecular formula is C8H8BrF2NO2. The van der Waals surface area contributed by atoms with Gasteiger partial charge in [0.05, 0.1) is 25.0 Å². The van der Waals surface area contributed by atoms with Crippen LogP contribution in [0.4, 0.5) is 8.78 Å². The summed E-state index contributed by atoms with van der Waals surface area (Å²) < 4.78 is 29.9. The third kappa shape index (κ3) is 2.19. The van der Waals surface area contributed by atoms with E-state index in [0.717, 1.165) is 0 Å². The van der Waals surface area contributed by atoms with E-state index in [4.69, 9.17) is 9.84 Å². The van der Waals surface area contributed by atoms with Gasteiger partial charge in [0, 0.05) is 10.5 Å². The Bertz CT molecular complexity index is 333. The Balaban J connectivity index is 3.27. The number of hydrogen-bond acceptors (Lipinski definition) is 3. The lowest BCUT2D eigenvalue weighted by atomic mass is 10.2. The fourth-order valence-electron chi connectivity index (χ4n) is 1.00. The highest BCUT2D eigenvalue weighted by Gasteiger charge is 2.19.